The maximum Gasteiger partial charge on any atom is 0.271 e. The van der Waals surface area contributed by atoms with E-state index in [1.165, 1.54) is 16.4 Å². The fourth-order valence-electron chi connectivity index (χ4n) is 2.11. The Morgan fingerprint density at radius 1 is 1.35 bits per heavy atom. The minimum atomic E-state index is -0.202. The van der Waals surface area contributed by atoms with Crippen molar-refractivity contribution in [3.8, 4) is 0 Å². The molecule has 1 aromatic heterocycles. The predicted octanol–water partition coefficient (Wildman–Crippen LogP) is 1.71. The lowest BCUT2D eigenvalue weighted by atomic mass is 9.84. The molecule has 5 nitrogen and oxygen atoms in total. The van der Waals surface area contributed by atoms with Crippen molar-refractivity contribution in [3.05, 3.63) is 47.8 Å². The van der Waals surface area contributed by atoms with Crippen LogP contribution < -0.4 is 11.1 Å². The van der Waals surface area contributed by atoms with Crippen molar-refractivity contribution in [1.82, 2.24) is 15.1 Å². The number of aromatic nitrogens is 2. The van der Waals surface area contributed by atoms with E-state index in [1.54, 1.807) is 7.05 Å². The van der Waals surface area contributed by atoms with Crippen LogP contribution in [0.15, 0.2) is 36.5 Å². The summed E-state index contributed by atoms with van der Waals surface area (Å²) in [4.78, 5) is 12.2. The van der Waals surface area contributed by atoms with Crippen LogP contribution in [0.2, 0.25) is 0 Å². The largest absolute Gasteiger partial charge is 0.396 e. The molecule has 1 heterocycles. The second-order valence-electron chi connectivity index (χ2n) is 5.50. The van der Waals surface area contributed by atoms with Gasteiger partial charge in [0.25, 0.3) is 5.91 Å². The summed E-state index contributed by atoms with van der Waals surface area (Å²) >= 11 is 0. The molecule has 3 N–H and O–H groups in total. The van der Waals surface area contributed by atoms with Gasteiger partial charge in [0.1, 0.15) is 5.69 Å². The lowest BCUT2D eigenvalue weighted by Crippen LogP contribution is -2.37. The minimum absolute atomic E-state index is 0.149. The van der Waals surface area contributed by atoms with Crippen molar-refractivity contribution in [2.24, 2.45) is 7.05 Å². The zero-order valence-corrected chi connectivity index (χ0v) is 12.1. The van der Waals surface area contributed by atoms with Crippen LogP contribution in [0.4, 0.5) is 5.69 Å². The van der Waals surface area contributed by atoms with Gasteiger partial charge in [-0.2, -0.15) is 5.10 Å². The van der Waals surface area contributed by atoms with Gasteiger partial charge in [-0.3, -0.25) is 9.48 Å². The maximum atomic E-state index is 12.2. The van der Waals surface area contributed by atoms with Gasteiger partial charge in [0.15, 0.2) is 0 Å². The molecule has 0 radical (unpaired) electrons. The van der Waals surface area contributed by atoms with Gasteiger partial charge in [-0.15, -0.1) is 0 Å². The molecule has 0 aliphatic carbocycles. The number of nitrogens with two attached hydrogens (primary N) is 1. The number of hydrogen-bond donors (Lipinski definition) is 2. The third kappa shape index (κ3) is 2.82. The SMILES string of the molecule is Cn1ncc(N)c1C(=O)NCC(C)(C)c1ccccc1. The zero-order valence-electron chi connectivity index (χ0n) is 12.1. The summed E-state index contributed by atoms with van der Waals surface area (Å²) in [7, 11) is 1.70. The number of hydrogen-bond acceptors (Lipinski definition) is 3. The van der Waals surface area contributed by atoms with Gasteiger partial charge in [0.2, 0.25) is 0 Å². The van der Waals surface area contributed by atoms with Crippen molar-refractivity contribution in [3.63, 3.8) is 0 Å². The third-order valence-electron chi connectivity index (χ3n) is 3.43. The maximum absolute atomic E-state index is 12.2. The summed E-state index contributed by atoms with van der Waals surface area (Å²) in [5.74, 6) is -0.202. The van der Waals surface area contributed by atoms with Crippen molar-refractivity contribution < 1.29 is 4.79 Å². The van der Waals surface area contributed by atoms with Crippen LogP contribution >= 0.6 is 0 Å². The molecule has 1 aromatic carbocycles. The number of nitrogens with one attached hydrogen (secondary N) is 1. The average molecular weight is 272 g/mol. The van der Waals surface area contributed by atoms with E-state index in [0.717, 1.165) is 0 Å². The molecule has 2 rings (SSSR count). The summed E-state index contributed by atoms with van der Waals surface area (Å²) in [6.07, 6.45) is 1.48. The Morgan fingerprint density at radius 3 is 2.55 bits per heavy atom. The lowest BCUT2D eigenvalue weighted by Gasteiger charge is -2.25. The molecular weight excluding hydrogens is 252 g/mol. The Hall–Kier alpha value is -2.30. The third-order valence-corrected chi connectivity index (χ3v) is 3.43. The molecule has 0 unspecified atom stereocenters. The Labute approximate surface area is 118 Å². The van der Waals surface area contributed by atoms with Crippen LogP contribution in [-0.2, 0) is 12.5 Å². The Kier molecular flexibility index (Phi) is 3.79. The summed E-state index contributed by atoms with van der Waals surface area (Å²) in [5, 5.41) is 6.90. The number of rotatable bonds is 4. The van der Waals surface area contributed by atoms with E-state index in [1.807, 2.05) is 18.2 Å². The van der Waals surface area contributed by atoms with Crippen LogP contribution in [0.3, 0.4) is 0 Å². The van der Waals surface area contributed by atoms with Gasteiger partial charge in [-0.25, -0.2) is 0 Å². The van der Waals surface area contributed by atoms with Crippen LogP contribution in [-0.4, -0.2) is 22.2 Å². The second kappa shape index (κ2) is 5.36. The standard InChI is InChI=1S/C15H20N4O/c1-15(2,11-7-5-4-6-8-11)10-17-14(20)13-12(16)9-18-19(13)3/h4-9H,10,16H2,1-3H3,(H,17,20). The fraction of sp³-hybridized carbons (Fsp3) is 0.333. The first kappa shape index (κ1) is 14.1. The first-order valence-electron chi connectivity index (χ1n) is 6.53. The highest BCUT2D eigenvalue weighted by Gasteiger charge is 2.23. The predicted molar refractivity (Wildman–Crippen MR) is 79.4 cm³/mol. The highest BCUT2D eigenvalue weighted by Crippen LogP contribution is 2.22. The molecule has 0 saturated heterocycles. The molecule has 1 amide bonds. The monoisotopic (exact) mass is 272 g/mol. The molecular formula is C15H20N4O. The van der Waals surface area contributed by atoms with E-state index >= 15 is 0 Å². The van der Waals surface area contributed by atoms with E-state index in [9.17, 15) is 4.79 Å². The number of amides is 1. The van der Waals surface area contributed by atoms with Crippen molar-refractivity contribution in [2.75, 3.05) is 12.3 Å². The lowest BCUT2D eigenvalue weighted by molar-refractivity contribution is 0.0937. The van der Waals surface area contributed by atoms with Crippen molar-refractivity contribution >= 4 is 11.6 Å². The molecule has 106 valence electrons. The molecule has 0 bridgehead atoms. The van der Waals surface area contributed by atoms with Crippen LogP contribution in [0.5, 0.6) is 0 Å². The summed E-state index contributed by atoms with van der Waals surface area (Å²) in [6.45, 7) is 4.71. The fourth-order valence-corrected chi connectivity index (χ4v) is 2.11. The number of carbonyl (C=O) groups is 1. The number of nitrogens with zero attached hydrogens (tertiary/aromatic N) is 2. The van der Waals surface area contributed by atoms with Gasteiger partial charge >= 0.3 is 0 Å². The highest BCUT2D eigenvalue weighted by molar-refractivity contribution is 5.97. The molecule has 5 heteroatoms. The highest BCUT2D eigenvalue weighted by atomic mass is 16.2. The summed E-state index contributed by atoms with van der Waals surface area (Å²) in [5.41, 5.74) is 7.57. The number of benzene rings is 1. The van der Waals surface area contributed by atoms with E-state index < -0.39 is 0 Å². The molecule has 2 aromatic rings. The first-order chi connectivity index (χ1) is 9.42. The number of anilines is 1. The van der Waals surface area contributed by atoms with Gasteiger partial charge < -0.3 is 11.1 Å². The quantitative estimate of drug-likeness (QED) is 0.890. The molecule has 0 fully saturated rings. The topological polar surface area (TPSA) is 72.9 Å². The molecule has 0 aliphatic heterocycles. The molecule has 0 atom stereocenters. The Bertz CT molecular complexity index is 582. The number of aryl methyl sites for hydroxylation is 1. The van der Waals surface area contributed by atoms with Crippen molar-refractivity contribution in [1.29, 1.82) is 0 Å². The molecule has 20 heavy (non-hydrogen) atoms. The molecule has 0 spiro atoms. The normalized spacial score (nSPS) is 11.3. The van der Waals surface area contributed by atoms with Gasteiger partial charge in [-0.1, -0.05) is 44.2 Å². The van der Waals surface area contributed by atoms with Crippen LogP contribution in [0.25, 0.3) is 0 Å². The molecule has 0 saturated carbocycles. The summed E-state index contributed by atoms with van der Waals surface area (Å²) in [6, 6.07) is 10.1. The zero-order chi connectivity index (χ0) is 14.8. The van der Waals surface area contributed by atoms with Gasteiger partial charge in [0.05, 0.1) is 11.9 Å². The smallest absolute Gasteiger partial charge is 0.271 e. The van der Waals surface area contributed by atoms with E-state index in [4.69, 9.17) is 5.73 Å². The van der Waals surface area contributed by atoms with Gasteiger partial charge in [-0.05, 0) is 5.56 Å². The first-order valence-corrected chi connectivity index (χ1v) is 6.53. The Morgan fingerprint density at radius 2 is 2.00 bits per heavy atom. The van der Waals surface area contributed by atoms with E-state index in [2.05, 4.69) is 36.4 Å². The van der Waals surface area contributed by atoms with Crippen molar-refractivity contribution in [2.45, 2.75) is 19.3 Å². The minimum Gasteiger partial charge on any atom is -0.396 e. The van der Waals surface area contributed by atoms with E-state index in [0.29, 0.717) is 17.9 Å². The van der Waals surface area contributed by atoms with Crippen LogP contribution in [0.1, 0.15) is 29.9 Å². The summed E-state index contributed by atoms with van der Waals surface area (Å²) < 4.78 is 1.49. The Balaban J connectivity index is 2.07. The van der Waals surface area contributed by atoms with Gasteiger partial charge in [0, 0.05) is 19.0 Å². The number of carbonyl (C=O) groups excluding carboxylic acids is 1. The average Bonchev–Trinajstić information content (AvgIpc) is 2.77. The molecule has 0 aliphatic rings. The number of nitrogen functional groups attached to an aromatic ring is 1. The second-order valence-corrected chi connectivity index (χ2v) is 5.50. The van der Waals surface area contributed by atoms with Crippen LogP contribution in [0, 0.1) is 0 Å². The van der Waals surface area contributed by atoms with E-state index in [-0.39, 0.29) is 11.3 Å².